The molecule has 0 saturated carbocycles. The molecule has 5 nitrogen and oxygen atoms in total. The number of hydrogen-bond acceptors (Lipinski definition) is 4. The second kappa shape index (κ2) is 8.80. The van der Waals surface area contributed by atoms with Crippen LogP contribution in [-0.4, -0.2) is 17.0 Å². The molecule has 0 unspecified atom stereocenters. The summed E-state index contributed by atoms with van der Waals surface area (Å²) in [6.07, 6.45) is 1.74. The smallest absolute Gasteiger partial charge is 0.413 e. The molecular weight excluding hydrogens is 354 g/mol. The summed E-state index contributed by atoms with van der Waals surface area (Å²) in [5, 5.41) is 2.95. The van der Waals surface area contributed by atoms with Crippen molar-refractivity contribution in [3.05, 3.63) is 47.0 Å². The Hall–Kier alpha value is -2.15. The highest BCUT2D eigenvalue weighted by molar-refractivity contribution is 6.31. The standard InChI is InChI=1S/C17H19ClF2N2O3/c1-17(19,20)9-5-4-8-15-21-14(11-24-15)22-16(23)25-10-12-6-2-3-7-13(12)18/h2-3,6-7,11H,4-5,8-10H2,1H3,(H,22,23). The number of amides is 1. The number of oxazole rings is 1. The number of aromatic nitrogens is 1. The Kier molecular flexibility index (Phi) is 6.75. The lowest BCUT2D eigenvalue weighted by atomic mass is 10.1. The predicted octanol–water partition coefficient (Wildman–Crippen LogP) is 5.44. The Balaban J connectivity index is 1.73. The number of unbranched alkanes of at least 4 members (excludes halogenated alkanes) is 1. The van der Waals surface area contributed by atoms with Crippen LogP contribution >= 0.6 is 11.6 Å². The maximum Gasteiger partial charge on any atom is 0.413 e. The number of nitrogens with one attached hydrogen (secondary N) is 1. The summed E-state index contributed by atoms with van der Waals surface area (Å²) in [5.74, 6) is -2.07. The van der Waals surface area contributed by atoms with Gasteiger partial charge in [-0.05, 0) is 25.8 Å². The van der Waals surface area contributed by atoms with E-state index >= 15 is 0 Å². The lowest BCUT2D eigenvalue weighted by Gasteiger charge is -2.08. The lowest BCUT2D eigenvalue weighted by molar-refractivity contribution is 0.0104. The number of rotatable bonds is 8. The van der Waals surface area contributed by atoms with E-state index in [0.29, 0.717) is 35.7 Å². The fraction of sp³-hybridized carbons (Fsp3) is 0.412. The van der Waals surface area contributed by atoms with E-state index in [9.17, 15) is 13.6 Å². The zero-order valence-electron chi connectivity index (χ0n) is 13.7. The van der Waals surface area contributed by atoms with Gasteiger partial charge in [0.2, 0.25) is 5.92 Å². The van der Waals surface area contributed by atoms with Gasteiger partial charge in [0.25, 0.3) is 0 Å². The van der Waals surface area contributed by atoms with Crippen LogP contribution in [0.15, 0.2) is 34.9 Å². The van der Waals surface area contributed by atoms with Gasteiger partial charge < -0.3 is 9.15 Å². The summed E-state index contributed by atoms with van der Waals surface area (Å²) in [5.41, 5.74) is 0.688. The highest BCUT2D eigenvalue weighted by Gasteiger charge is 2.20. The zero-order valence-corrected chi connectivity index (χ0v) is 14.5. The highest BCUT2D eigenvalue weighted by atomic mass is 35.5. The molecule has 2 aromatic rings. The third kappa shape index (κ3) is 7.09. The van der Waals surface area contributed by atoms with E-state index in [4.69, 9.17) is 20.8 Å². The molecule has 1 N–H and O–H groups in total. The number of ether oxygens (including phenoxy) is 1. The van der Waals surface area contributed by atoms with Gasteiger partial charge in [-0.2, -0.15) is 4.98 Å². The summed E-state index contributed by atoms with van der Waals surface area (Å²) in [7, 11) is 0. The molecule has 0 bridgehead atoms. The third-order valence-corrected chi connectivity index (χ3v) is 3.72. The van der Waals surface area contributed by atoms with Crippen molar-refractivity contribution in [3.8, 4) is 0 Å². The first kappa shape index (κ1) is 19.2. The van der Waals surface area contributed by atoms with E-state index in [1.165, 1.54) is 6.26 Å². The Morgan fingerprint density at radius 1 is 1.36 bits per heavy atom. The second-order valence-electron chi connectivity index (χ2n) is 5.70. The first-order valence-electron chi connectivity index (χ1n) is 7.83. The fourth-order valence-corrected chi connectivity index (χ4v) is 2.28. The summed E-state index contributed by atoms with van der Waals surface area (Å²) < 4.78 is 35.7. The van der Waals surface area contributed by atoms with Gasteiger partial charge >= 0.3 is 6.09 Å². The molecule has 136 valence electrons. The molecule has 0 atom stereocenters. The number of alkyl halides is 2. The minimum Gasteiger partial charge on any atom is -0.447 e. The summed E-state index contributed by atoms with van der Waals surface area (Å²) in [6.45, 7) is 0.926. The Labute approximate surface area is 149 Å². The van der Waals surface area contributed by atoms with E-state index in [1.54, 1.807) is 24.3 Å². The van der Waals surface area contributed by atoms with E-state index in [0.717, 1.165) is 6.92 Å². The van der Waals surface area contributed by atoms with Crippen molar-refractivity contribution in [1.82, 2.24) is 4.98 Å². The number of halogens is 3. The van der Waals surface area contributed by atoms with Crippen LogP contribution in [0.25, 0.3) is 0 Å². The van der Waals surface area contributed by atoms with Crippen molar-refractivity contribution >= 4 is 23.5 Å². The quantitative estimate of drug-likeness (QED) is 0.626. The van der Waals surface area contributed by atoms with Crippen LogP contribution in [0.1, 0.15) is 37.6 Å². The second-order valence-corrected chi connectivity index (χ2v) is 6.10. The first-order valence-corrected chi connectivity index (χ1v) is 8.21. The van der Waals surface area contributed by atoms with Crippen LogP contribution in [0.2, 0.25) is 5.02 Å². The summed E-state index contributed by atoms with van der Waals surface area (Å²) in [6, 6.07) is 7.03. The van der Waals surface area contributed by atoms with E-state index in [-0.39, 0.29) is 18.8 Å². The van der Waals surface area contributed by atoms with Crippen molar-refractivity contribution in [2.24, 2.45) is 0 Å². The molecule has 0 fully saturated rings. The summed E-state index contributed by atoms with van der Waals surface area (Å²) >= 11 is 5.97. The van der Waals surface area contributed by atoms with Crippen LogP contribution in [0.4, 0.5) is 19.4 Å². The molecule has 1 amide bonds. The van der Waals surface area contributed by atoms with Crippen LogP contribution in [0.3, 0.4) is 0 Å². The van der Waals surface area contributed by atoms with Crippen LogP contribution in [-0.2, 0) is 17.8 Å². The molecule has 2 rings (SSSR count). The molecule has 1 heterocycles. The molecular formula is C17H19ClF2N2O3. The molecule has 8 heteroatoms. The largest absolute Gasteiger partial charge is 0.447 e. The lowest BCUT2D eigenvalue weighted by Crippen LogP contribution is -2.14. The predicted molar refractivity (Wildman–Crippen MR) is 89.9 cm³/mol. The number of aryl methyl sites for hydroxylation is 1. The van der Waals surface area contributed by atoms with Gasteiger partial charge in [0, 0.05) is 23.4 Å². The van der Waals surface area contributed by atoms with Gasteiger partial charge in [-0.25, -0.2) is 13.6 Å². The van der Waals surface area contributed by atoms with Crippen molar-refractivity contribution in [2.45, 2.75) is 45.1 Å². The molecule has 0 spiro atoms. The molecule has 0 aliphatic carbocycles. The molecule has 1 aromatic carbocycles. The molecule has 0 aliphatic heterocycles. The number of nitrogens with zero attached hydrogens (tertiary/aromatic N) is 1. The number of carbonyl (C=O) groups excluding carboxylic acids is 1. The zero-order chi connectivity index (χ0) is 18.3. The average molecular weight is 373 g/mol. The van der Waals surface area contributed by atoms with Crippen molar-refractivity contribution in [2.75, 3.05) is 5.32 Å². The van der Waals surface area contributed by atoms with Gasteiger partial charge in [0.1, 0.15) is 12.9 Å². The van der Waals surface area contributed by atoms with Crippen molar-refractivity contribution in [1.29, 1.82) is 0 Å². The first-order chi connectivity index (χ1) is 11.8. The minimum absolute atomic E-state index is 0.0292. The normalized spacial score (nSPS) is 11.4. The van der Waals surface area contributed by atoms with Gasteiger partial charge in [0.05, 0.1) is 0 Å². The maximum atomic E-state index is 12.7. The van der Waals surface area contributed by atoms with Crippen molar-refractivity contribution in [3.63, 3.8) is 0 Å². The van der Waals surface area contributed by atoms with Crippen LogP contribution in [0, 0.1) is 0 Å². The molecule has 0 radical (unpaired) electrons. The highest BCUT2D eigenvalue weighted by Crippen LogP contribution is 2.21. The number of carbonyl (C=O) groups is 1. The summed E-state index contributed by atoms with van der Waals surface area (Å²) in [4.78, 5) is 15.8. The number of anilines is 1. The molecule has 25 heavy (non-hydrogen) atoms. The maximum absolute atomic E-state index is 12.7. The fourth-order valence-electron chi connectivity index (χ4n) is 2.09. The van der Waals surface area contributed by atoms with Gasteiger partial charge in [-0.15, -0.1) is 0 Å². The Morgan fingerprint density at radius 3 is 2.84 bits per heavy atom. The molecule has 0 aliphatic rings. The van der Waals surface area contributed by atoms with Gasteiger partial charge in [-0.3, -0.25) is 5.32 Å². The van der Waals surface area contributed by atoms with Crippen LogP contribution < -0.4 is 5.32 Å². The van der Waals surface area contributed by atoms with Crippen molar-refractivity contribution < 1.29 is 22.7 Å². The molecule has 1 aromatic heterocycles. The Bertz CT molecular complexity index is 701. The monoisotopic (exact) mass is 372 g/mol. The van der Waals surface area contributed by atoms with Gasteiger partial charge in [0.15, 0.2) is 11.7 Å². The topological polar surface area (TPSA) is 64.4 Å². The third-order valence-electron chi connectivity index (χ3n) is 3.35. The minimum atomic E-state index is -2.66. The Morgan fingerprint density at radius 2 is 2.12 bits per heavy atom. The SMILES string of the molecule is CC(F)(F)CCCCc1nc(NC(=O)OCc2ccccc2Cl)co1. The van der Waals surface area contributed by atoms with E-state index < -0.39 is 12.0 Å². The van der Waals surface area contributed by atoms with E-state index in [1.807, 2.05) is 0 Å². The van der Waals surface area contributed by atoms with E-state index in [2.05, 4.69) is 10.3 Å². The average Bonchev–Trinajstić information content (AvgIpc) is 2.97. The molecule has 0 saturated heterocycles. The van der Waals surface area contributed by atoms with Crippen LogP contribution in [0.5, 0.6) is 0 Å². The van der Waals surface area contributed by atoms with Gasteiger partial charge in [-0.1, -0.05) is 29.8 Å². The number of hydrogen-bond donors (Lipinski definition) is 1. The number of benzene rings is 1.